The molecule has 1 aromatic carbocycles. The Morgan fingerprint density at radius 2 is 2.06 bits per heavy atom. The first-order valence-corrected chi connectivity index (χ1v) is 5.75. The predicted molar refractivity (Wildman–Crippen MR) is 66.6 cm³/mol. The zero-order valence-electron chi connectivity index (χ0n) is 9.97. The highest BCUT2D eigenvalue weighted by molar-refractivity contribution is 5.27. The van der Waals surface area contributed by atoms with Crippen LogP contribution in [0.3, 0.4) is 0 Å². The van der Waals surface area contributed by atoms with Gasteiger partial charge in [-0.1, -0.05) is 24.3 Å². The summed E-state index contributed by atoms with van der Waals surface area (Å²) in [5.41, 5.74) is 7.92. The molecule has 0 bridgehead atoms. The molecule has 2 aromatic rings. The highest BCUT2D eigenvalue weighted by Crippen LogP contribution is 2.14. The van der Waals surface area contributed by atoms with Crippen molar-refractivity contribution in [2.24, 2.45) is 5.73 Å². The highest BCUT2D eigenvalue weighted by Gasteiger charge is 2.02. The minimum atomic E-state index is 0.531. The third kappa shape index (κ3) is 2.85. The summed E-state index contributed by atoms with van der Waals surface area (Å²) in [5.74, 6) is 0.790. The lowest BCUT2D eigenvalue weighted by Crippen LogP contribution is -2.04. The smallest absolute Gasteiger partial charge is 0.157 e. The summed E-state index contributed by atoms with van der Waals surface area (Å²) in [5, 5.41) is 4.16. The lowest BCUT2D eigenvalue weighted by molar-refractivity contribution is 0.304. The number of nitrogens with two attached hydrogens (primary N) is 1. The molecule has 0 unspecified atom stereocenters. The lowest BCUT2D eigenvalue weighted by atomic mass is 10.1. The summed E-state index contributed by atoms with van der Waals surface area (Å²) < 4.78 is 7.52. The molecule has 90 valence electrons. The zero-order chi connectivity index (χ0) is 12.1. The maximum absolute atomic E-state index is 5.68. The van der Waals surface area contributed by atoms with E-state index in [0.29, 0.717) is 13.2 Å². The number of nitrogens with zero attached hydrogens (tertiary/aromatic N) is 2. The summed E-state index contributed by atoms with van der Waals surface area (Å²) in [6, 6.07) is 8.04. The summed E-state index contributed by atoms with van der Waals surface area (Å²) in [7, 11) is 0. The maximum Gasteiger partial charge on any atom is 0.157 e. The van der Waals surface area contributed by atoms with Crippen molar-refractivity contribution in [3.8, 4) is 5.75 Å². The topological polar surface area (TPSA) is 53.1 Å². The van der Waals surface area contributed by atoms with Crippen molar-refractivity contribution in [1.29, 1.82) is 0 Å². The largest absolute Gasteiger partial charge is 0.486 e. The molecule has 0 aliphatic carbocycles. The van der Waals surface area contributed by atoms with Crippen molar-refractivity contribution in [3.05, 3.63) is 47.8 Å². The van der Waals surface area contributed by atoms with E-state index in [4.69, 9.17) is 10.5 Å². The van der Waals surface area contributed by atoms with Gasteiger partial charge in [0.15, 0.2) is 5.75 Å². The molecule has 0 saturated heterocycles. The molecule has 17 heavy (non-hydrogen) atoms. The summed E-state index contributed by atoms with van der Waals surface area (Å²) in [4.78, 5) is 0. The molecule has 0 aliphatic heterocycles. The van der Waals surface area contributed by atoms with Gasteiger partial charge in [-0.3, -0.25) is 4.68 Å². The van der Waals surface area contributed by atoms with Crippen LogP contribution >= 0.6 is 0 Å². The molecule has 0 spiro atoms. The monoisotopic (exact) mass is 231 g/mol. The van der Waals surface area contributed by atoms with Crippen LogP contribution in [-0.2, 0) is 19.7 Å². The van der Waals surface area contributed by atoms with E-state index in [-0.39, 0.29) is 0 Å². The zero-order valence-corrected chi connectivity index (χ0v) is 9.97. The van der Waals surface area contributed by atoms with Crippen LogP contribution < -0.4 is 10.5 Å². The number of benzene rings is 1. The summed E-state index contributed by atoms with van der Waals surface area (Å²) in [6.07, 6.45) is 3.62. The Labute approximate surface area is 101 Å². The molecule has 0 atom stereocenters. The van der Waals surface area contributed by atoms with Crippen LogP contribution in [0, 0.1) is 0 Å². The first-order chi connectivity index (χ1) is 8.33. The number of aryl methyl sites for hydroxylation is 1. The van der Waals surface area contributed by atoms with Gasteiger partial charge in [-0.2, -0.15) is 5.10 Å². The van der Waals surface area contributed by atoms with Gasteiger partial charge in [0.05, 0.1) is 12.4 Å². The third-order valence-electron chi connectivity index (χ3n) is 2.67. The van der Waals surface area contributed by atoms with Gasteiger partial charge < -0.3 is 10.5 Å². The van der Waals surface area contributed by atoms with E-state index >= 15 is 0 Å². The van der Waals surface area contributed by atoms with Crippen molar-refractivity contribution in [2.75, 3.05) is 0 Å². The second-order valence-electron chi connectivity index (χ2n) is 3.79. The Bertz CT molecular complexity index is 479. The number of hydrogen-bond acceptors (Lipinski definition) is 3. The summed E-state index contributed by atoms with van der Waals surface area (Å²) >= 11 is 0. The van der Waals surface area contributed by atoms with Crippen molar-refractivity contribution in [3.63, 3.8) is 0 Å². The van der Waals surface area contributed by atoms with Gasteiger partial charge in [-0.25, -0.2) is 0 Å². The second-order valence-corrected chi connectivity index (χ2v) is 3.79. The fraction of sp³-hybridized carbons (Fsp3) is 0.308. The molecule has 0 amide bonds. The van der Waals surface area contributed by atoms with E-state index in [2.05, 4.69) is 5.10 Å². The minimum absolute atomic E-state index is 0.531. The van der Waals surface area contributed by atoms with Gasteiger partial charge in [0.25, 0.3) is 0 Å². The fourth-order valence-corrected chi connectivity index (χ4v) is 1.65. The van der Waals surface area contributed by atoms with Gasteiger partial charge in [0.2, 0.25) is 0 Å². The molecule has 4 heteroatoms. The Kier molecular flexibility index (Phi) is 3.77. The Morgan fingerprint density at radius 3 is 2.71 bits per heavy atom. The molecular formula is C13H17N3O. The van der Waals surface area contributed by atoms with Crippen LogP contribution in [0.15, 0.2) is 36.7 Å². The van der Waals surface area contributed by atoms with Crippen LogP contribution in [-0.4, -0.2) is 9.78 Å². The molecule has 1 heterocycles. The van der Waals surface area contributed by atoms with E-state index in [9.17, 15) is 0 Å². The number of hydrogen-bond donors (Lipinski definition) is 1. The molecule has 0 saturated carbocycles. The molecule has 1 aromatic heterocycles. The number of rotatable bonds is 5. The number of ether oxygens (including phenoxy) is 1. The molecular weight excluding hydrogens is 214 g/mol. The normalized spacial score (nSPS) is 10.5. The van der Waals surface area contributed by atoms with E-state index in [1.165, 1.54) is 0 Å². The van der Waals surface area contributed by atoms with Gasteiger partial charge in [0.1, 0.15) is 6.61 Å². The van der Waals surface area contributed by atoms with Crippen LogP contribution in [0.25, 0.3) is 0 Å². The van der Waals surface area contributed by atoms with E-state index in [1.54, 1.807) is 6.20 Å². The SMILES string of the molecule is CCn1cc(OCc2ccccc2CN)cn1. The van der Waals surface area contributed by atoms with Crippen molar-refractivity contribution in [1.82, 2.24) is 9.78 Å². The number of aromatic nitrogens is 2. The molecule has 0 fully saturated rings. The standard InChI is InChI=1S/C13H17N3O/c1-2-16-9-13(8-15-16)17-10-12-6-4-3-5-11(12)7-14/h3-6,8-9H,2,7,10,14H2,1H3. The molecule has 0 radical (unpaired) electrons. The second kappa shape index (κ2) is 5.50. The minimum Gasteiger partial charge on any atom is -0.486 e. The van der Waals surface area contributed by atoms with Crippen molar-refractivity contribution >= 4 is 0 Å². The first kappa shape index (κ1) is 11.7. The van der Waals surface area contributed by atoms with Crippen LogP contribution in [0.5, 0.6) is 5.75 Å². The Hall–Kier alpha value is -1.81. The molecule has 4 nitrogen and oxygen atoms in total. The maximum atomic E-state index is 5.68. The average Bonchev–Trinajstić information content (AvgIpc) is 2.84. The predicted octanol–water partition coefficient (Wildman–Crippen LogP) is 1.94. The van der Waals surface area contributed by atoms with E-state index in [0.717, 1.165) is 23.4 Å². The molecule has 0 aliphatic rings. The summed E-state index contributed by atoms with van der Waals surface area (Å²) in [6.45, 7) is 3.96. The first-order valence-electron chi connectivity index (χ1n) is 5.75. The fourth-order valence-electron chi connectivity index (χ4n) is 1.65. The van der Waals surface area contributed by atoms with Gasteiger partial charge in [0, 0.05) is 13.1 Å². The van der Waals surface area contributed by atoms with E-state index in [1.807, 2.05) is 42.1 Å². The van der Waals surface area contributed by atoms with Crippen LogP contribution in [0.1, 0.15) is 18.1 Å². The van der Waals surface area contributed by atoms with Gasteiger partial charge in [-0.15, -0.1) is 0 Å². The quantitative estimate of drug-likeness (QED) is 0.855. The van der Waals surface area contributed by atoms with Crippen LogP contribution in [0.2, 0.25) is 0 Å². The lowest BCUT2D eigenvalue weighted by Gasteiger charge is -2.07. The van der Waals surface area contributed by atoms with E-state index < -0.39 is 0 Å². The third-order valence-corrected chi connectivity index (χ3v) is 2.67. The molecule has 2 N–H and O–H groups in total. The van der Waals surface area contributed by atoms with Gasteiger partial charge in [-0.05, 0) is 18.1 Å². The van der Waals surface area contributed by atoms with Crippen LogP contribution in [0.4, 0.5) is 0 Å². The Morgan fingerprint density at radius 1 is 1.29 bits per heavy atom. The average molecular weight is 231 g/mol. The molecule has 2 rings (SSSR count). The Balaban J connectivity index is 2.01. The van der Waals surface area contributed by atoms with Crippen molar-refractivity contribution < 1.29 is 4.74 Å². The highest BCUT2D eigenvalue weighted by atomic mass is 16.5. The van der Waals surface area contributed by atoms with Gasteiger partial charge >= 0.3 is 0 Å². The van der Waals surface area contributed by atoms with Crippen molar-refractivity contribution in [2.45, 2.75) is 26.6 Å².